The van der Waals surface area contributed by atoms with Crippen molar-refractivity contribution >= 4 is 29.1 Å². The van der Waals surface area contributed by atoms with E-state index in [-0.39, 0.29) is 35.7 Å². The van der Waals surface area contributed by atoms with Gasteiger partial charge in [-0.05, 0) is 49.9 Å². The number of nitrogens with zero attached hydrogens (tertiary/aromatic N) is 3. The van der Waals surface area contributed by atoms with Crippen molar-refractivity contribution < 1.29 is 19.8 Å². The Morgan fingerprint density at radius 2 is 1.62 bits per heavy atom. The summed E-state index contributed by atoms with van der Waals surface area (Å²) in [5.41, 5.74) is 0.877. The van der Waals surface area contributed by atoms with Gasteiger partial charge in [0.05, 0.1) is 19.3 Å². The maximum atomic E-state index is 12.5. The molecule has 140 valence electrons. The predicted molar refractivity (Wildman–Crippen MR) is 102 cm³/mol. The zero-order valence-corrected chi connectivity index (χ0v) is 15.6. The number of β-amino-alcohol motifs (C(OH)–C–C–N with tert-alkyl or cyclic N) is 1. The average molecular weight is 377 g/mol. The van der Waals surface area contributed by atoms with E-state index in [1.54, 1.807) is 35.5 Å². The third kappa shape index (κ3) is 4.27. The van der Waals surface area contributed by atoms with E-state index in [4.69, 9.17) is 17.3 Å². The first-order chi connectivity index (χ1) is 12.4. The Labute approximate surface area is 158 Å². The summed E-state index contributed by atoms with van der Waals surface area (Å²) in [5, 5.41) is 18.6. The lowest BCUT2D eigenvalue weighted by molar-refractivity contribution is -0.133. The van der Waals surface area contributed by atoms with Crippen LogP contribution in [0.5, 0.6) is 0 Å². The Hall–Kier alpha value is -2.29. The summed E-state index contributed by atoms with van der Waals surface area (Å²) in [6, 6.07) is 0. The van der Waals surface area contributed by atoms with Gasteiger partial charge in [-0.2, -0.15) is 0 Å². The molecule has 2 aliphatic heterocycles. The lowest BCUT2D eigenvalue weighted by Gasteiger charge is -2.35. The molecule has 0 aromatic carbocycles. The monoisotopic (exact) mass is 377 g/mol. The summed E-state index contributed by atoms with van der Waals surface area (Å²) in [7, 11) is 0. The second-order valence-corrected chi connectivity index (χ2v) is 6.16. The highest BCUT2D eigenvalue weighted by atomic mass is 32.1. The molecule has 2 N–H and O–H groups in total. The summed E-state index contributed by atoms with van der Waals surface area (Å²) >= 11 is 5.22. The molecule has 1 unspecified atom stereocenters. The van der Waals surface area contributed by atoms with Crippen LogP contribution in [0.2, 0.25) is 0 Å². The number of rotatable bonds is 6. The van der Waals surface area contributed by atoms with Crippen LogP contribution in [-0.4, -0.2) is 74.2 Å². The van der Waals surface area contributed by atoms with E-state index in [1.807, 2.05) is 13.8 Å². The number of likely N-dealkylation sites (N-methyl/N-ethyl adjacent to an activating group) is 2. The lowest BCUT2D eigenvalue weighted by atomic mass is 10.1. The molecule has 0 saturated carbocycles. The van der Waals surface area contributed by atoms with Crippen molar-refractivity contribution in [3.8, 4) is 0 Å². The molecule has 2 rings (SSSR count). The van der Waals surface area contributed by atoms with Gasteiger partial charge < -0.3 is 15.1 Å². The molecule has 8 heteroatoms. The molecular formula is C18H23N3O4S. The molecule has 0 bridgehead atoms. The van der Waals surface area contributed by atoms with Crippen LogP contribution in [0.15, 0.2) is 47.9 Å². The van der Waals surface area contributed by atoms with Crippen LogP contribution < -0.4 is 0 Å². The van der Waals surface area contributed by atoms with Crippen LogP contribution in [0.4, 0.5) is 0 Å². The van der Waals surface area contributed by atoms with Gasteiger partial charge in [0.2, 0.25) is 0 Å². The molecule has 0 aliphatic carbocycles. The first-order valence-corrected chi connectivity index (χ1v) is 8.84. The van der Waals surface area contributed by atoms with Crippen LogP contribution >= 0.6 is 12.2 Å². The minimum absolute atomic E-state index is 0.0785. The van der Waals surface area contributed by atoms with Gasteiger partial charge in [-0.3, -0.25) is 19.4 Å². The average Bonchev–Trinajstić information content (AvgIpc) is 2.63. The van der Waals surface area contributed by atoms with E-state index in [0.29, 0.717) is 13.1 Å². The van der Waals surface area contributed by atoms with E-state index >= 15 is 0 Å². The first-order valence-electron chi connectivity index (χ1n) is 8.43. The van der Waals surface area contributed by atoms with Crippen LogP contribution in [-0.2, 0) is 9.59 Å². The van der Waals surface area contributed by atoms with E-state index in [1.165, 1.54) is 15.9 Å². The highest BCUT2D eigenvalue weighted by Crippen LogP contribution is 2.18. The fourth-order valence-electron chi connectivity index (χ4n) is 2.58. The molecular weight excluding hydrogens is 354 g/mol. The van der Waals surface area contributed by atoms with E-state index < -0.39 is 6.10 Å². The van der Waals surface area contributed by atoms with Gasteiger partial charge in [0.1, 0.15) is 5.57 Å². The number of allylic oxidation sites excluding steroid dienone is 5. The molecule has 1 saturated heterocycles. The summed E-state index contributed by atoms with van der Waals surface area (Å²) in [6.07, 6.45) is 9.46. The highest BCUT2D eigenvalue weighted by Gasteiger charge is 2.37. The Balaban J connectivity index is 2.18. The lowest BCUT2D eigenvalue weighted by Crippen LogP contribution is -2.55. The number of carbonyl (C=O) groups is 2. The Morgan fingerprint density at radius 3 is 2.08 bits per heavy atom. The van der Waals surface area contributed by atoms with Crippen molar-refractivity contribution in [3.63, 3.8) is 0 Å². The minimum Gasteiger partial charge on any atom is -0.394 e. The third-order valence-corrected chi connectivity index (χ3v) is 4.48. The number of aliphatic hydroxyl groups is 2. The van der Waals surface area contributed by atoms with E-state index in [2.05, 4.69) is 0 Å². The largest absolute Gasteiger partial charge is 0.394 e. The molecule has 0 aromatic heterocycles. The predicted octanol–water partition coefficient (Wildman–Crippen LogP) is 0.531. The van der Waals surface area contributed by atoms with Gasteiger partial charge in [-0.1, -0.05) is 6.08 Å². The SMILES string of the molecule is CCN1C(=O)C(=CC=C2C=CN(CC(O)CO)C=C2)C(=O)N(CC)C1=S. The second-order valence-electron chi connectivity index (χ2n) is 5.79. The number of aliphatic hydroxyl groups excluding tert-OH is 2. The first kappa shape index (κ1) is 20.0. The minimum atomic E-state index is -0.821. The Bertz CT molecular complexity index is 667. The van der Waals surface area contributed by atoms with Crippen LogP contribution in [0, 0.1) is 0 Å². The molecule has 1 fully saturated rings. The van der Waals surface area contributed by atoms with Crippen molar-refractivity contribution in [2.75, 3.05) is 26.2 Å². The number of hydrogen-bond acceptors (Lipinski definition) is 6. The highest BCUT2D eigenvalue weighted by molar-refractivity contribution is 7.80. The van der Waals surface area contributed by atoms with Gasteiger partial charge in [-0.15, -0.1) is 0 Å². The summed E-state index contributed by atoms with van der Waals surface area (Å²) in [4.78, 5) is 29.6. The second kappa shape index (κ2) is 8.88. The normalized spacial score (nSPS) is 18.8. The number of hydrogen-bond donors (Lipinski definition) is 2. The molecule has 26 heavy (non-hydrogen) atoms. The van der Waals surface area contributed by atoms with Gasteiger partial charge in [0, 0.05) is 25.5 Å². The molecule has 7 nitrogen and oxygen atoms in total. The third-order valence-electron chi connectivity index (χ3n) is 4.04. The topological polar surface area (TPSA) is 84.3 Å². The Morgan fingerprint density at radius 1 is 1.08 bits per heavy atom. The molecule has 2 heterocycles. The van der Waals surface area contributed by atoms with Crippen molar-refractivity contribution in [1.82, 2.24) is 14.7 Å². The van der Waals surface area contributed by atoms with Gasteiger partial charge in [-0.25, -0.2) is 0 Å². The van der Waals surface area contributed by atoms with E-state index in [9.17, 15) is 14.7 Å². The molecule has 1 atom stereocenters. The zero-order valence-electron chi connectivity index (χ0n) is 14.8. The zero-order chi connectivity index (χ0) is 19.3. The van der Waals surface area contributed by atoms with Crippen molar-refractivity contribution in [2.24, 2.45) is 0 Å². The van der Waals surface area contributed by atoms with E-state index in [0.717, 1.165) is 5.57 Å². The quantitative estimate of drug-likeness (QED) is 0.399. The van der Waals surface area contributed by atoms with Gasteiger partial charge >= 0.3 is 0 Å². The molecule has 0 aromatic rings. The summed E-state index contributed by atoms with van der Waals surface area (Å²) in [6.45, 7) is 4.40. The van der Waals surface area contributed by atoms with Crippen molar-refractivity contribution in [2.45, 2.75) is 20.0 Å². The molecule has 0 radical (unpaired) electrons. The molecule has 2 aliphatic rings. The van der Waals surface area contributed by atoms with Crippen molar-refractivity contribution in [1.29, 1.82) is 0 Å². The number of amides is 2. The maximum absolute atomic E-state index is 12.5. The maximum Gasteiger partial charge on any atom is 0.265 e. The smallest absolute Gasteiger partial charge is 0.265 e. The Kier molecular flexibility index (Phi) is 6.84. The van der Waals surface area contributed by atoms with Crippen LogP contribution in [0.1, 0.15) is 13.8 Å². The molecule has 0 spiro atoms. The van der Waals surface area contributed by atoms with Gasteiger partial charge in [0.25, 0.3) is 11.8 Å². The molecule has 2 amide bonds. The van der Waals surface area contributed by atoms with Crippen LogP contribution in [0.3, 0.4) is 0 Å². The standard InChI is InChI=1S/C18H23N3O4S/c1-3-20-16(24)15(17(25)21(4-2)18(20)26)6-5-13-7-9-19(10-8-13)11-14(23)12-22/h5-10,14,22-23H,3-4,11-12H2,1-2H3. The summed E-state index contributed by atoms with van der Waals surface area (Å²) < 4.78 is 0. The fraction of sp³-hybridized carbons (Fsp3) is 0.389. The number of thiocarbonyl (C=S) groups is 1. The fourth-order valence-corrected chi connectivity index (χ4v) is 3.01. The number of carbonyl (C=O) groups excluding carboxylic acids is 2. The summed E-state index contributed by atoms with van der Waals surface area (Å²) in [5.74, 6) is -0.777. The van der Waals surface area contributed by atoms with Crippen LogP contribution in [0.25, 0.3) is 0 Å². The van der Waals surface area contributed by atoms with Crippen molar-refractivity contribution in [3.05, 3.63) is 47.9 Å². The van der Waals surface area contributed by atoms with Gasteiger partial charge in [0.15, 0.2) is 5.11 Å².